The van der Waals surface area contributed by atoms with Crippen molar-refractivity contribution in [3.63, 3.8) is 0 Å². The molecule has 0 aliphatic heterocycles. The summed E-state index contributed by atoms with van der Waals surface area (Å²) < 4.78 is 73.4. The van der Waals surface area contributed by atoms with Gasteiger partial charge in [0.2, 0.25) is 5.60 Å². The van der Waals surface area contributed by atoms with Gasteiger partial charge < -0.3 is 9.47 Å². The monoisotopic (exact) mass is 360 g/mol. The van der Waals surface area contributed by atoms with Gasteiger partial charge in [0.15, 0.2) is 5.60 Å². The lowest BCUT2D eigenvalue weighted by atomic mass is 9.99. The number of hydrogen-bond acceptors (Lipinski definition) is 4. The zero-order chi connectivity index (χ0) is 19.7. The van der Waals surface area contributed by atoms with Gasteiger partial charge in [0.25, 0.3) is 0 Å². The topological polar surface area (TPSA) is 52.6 Å². The predicted octanol–water partition coefficient (Wildman–Crippen LogP) is 4.18. The van der Waals surface area contributed by atoms with Gasteiger partial charge in [-0.15, -0.1) is 0 Å². The Morgan fingerprint density at radius 1 is 0.792 bits per heavy atom. The van der Waals surface area contributed by atoms with E-state index >= 15 is 0 Å². The first-order chi connectivity index (χ1) is 10.4. The standard InChI is InChI=1S/C15H21F5O4/c1-8(2)9(3)10(21)23-12(4,5)11(22)24-13(6,7)14(16,17)15(18,19)20/h1-7H3. The Morgan fingerprint density at radius 2 is 1.21 bits per heavy atom. The summed E-state index contributed by atoms with van der Waals surface area (Å²) >= 11 is 0. The number of halogens is 5. The quantitative estimate of drug-likeness (QED) is 0.419. The first-order valence-electron chi connectivity index (χ1n) is 6.92. The molecule has 0 aliphatic carbocycles. The lowest BCUT2D eigenvalue weighted by Crippen LogP contribution is -2.57. The van der Waals surface area contributed by atoms with Gasteiger partial charge in [0.1, 0.15) is 0 Å². The van der Waals surface area contributed by atoms with Crippen molar-refractivity contribution in [1.82, 2.24) is 0 Å². The third kappa shape index (κ3) is 4.67. The Balaban J connectivity index is 5.36. The smallest absolute Gasteiger partial charge is 0.450 e. The van der Waals surface area contributed by atoms with E-state index in [4.69, 9.17) is 4.74 Å². The molecule has 0 atom stereocenters. The lowest BCUT2D eigenvalue weighted by molar-refractivity contribution is -0.337. The third-order valence-electron chi connectivity index (χ3n) is 3.36. The fraction of sp³-hybridized carbons (Fsp3) is 0.733. The van der Waals surface area contributed by atoms with Gasteiger partial charge in [0, 0.05) is 5.57 Å². The number of rotatable bonds is 5. The van der Waals surface area contributed by atoms with Crippen LogP contribution in [0.25, 0.3) is 0 Å². The molecule has 0 bridgehead atoms. The first kappa shape index (κ1) is 22.3. The van der Waals surface area contributed by atoms with Gasteiger partial charge in [-0.3, -0.25) is 0 Å². The molecular formula is C15H21F5O4. The molecule has 0 fully saturated rings. The minimum absolute atomic E-state index is 0.177. The predicted molar refractivity (Wildman–Crippen MR) is 75.4 cm³/mol. The van der Waals surface area contributed by atoms with Crippen molar-refractivity contribution in [2.75, 3.05) is 0 Å². The highest BCUT2D eigenvalue weighted by Gasteiger charge is 2.69. The maximum absolute atomic E-state index is 13.4. The van der Waals surface area contributed by atoms with Crippen molar-refractivity contribution in [2.45, 2.75) is 71.8 Å². The molecule has 0 aromatic carbocycles. The van der Waals surface area contributed by atoms with E-state index in [9.17, 15) is 31.5 Å². The molecule has 0 saturated heterocycles. The van der Waals surface area contributed by atoms with Crippen LogP contribution in [0.2, 0.25) is 0 Å². The van der Waals surface area contributed by atoms with Crippen molar-refractivity contribution < 1.29 is 41.0 Å². The van der Waals surface area contributed by atoms with E-state index < -0.39 is 35.2 Å². The number of carbonyl (C=O) groups is 2. The largest absolute Gasteiger partial charge is 0.457 e. The van der Waals surface area contributed by atoms with Crippen LogP contribution in [-0.4, -0.2) is 35.2 Å². The van der Waals surface area contributed by atoms with E-state index in [0.717, 1.165) is 13.8 Å². The molecule has 0 saturated carbocycles. The van der Waals surface area contributed by atoms with E-state index in [0.29, 0.717) is 19.4 Å². The summed E-state index contributed by atoms with van der Waals surface area (Å²) in [6.45, 7) is 7.56. The summed E-state index contributed by atoms with van der Waals surface area (Å²) in [5, 5.41) is 0. The van der Waals surface area contributed by atoms with Gasteiger partial charge in [-0.05, 0) is 48.5 Å². The summed E-state index contributed by atoms with van der Waals surface area (Å²) in [6.07, 6.45) is -5.91. The fourth-order valence-electron chi connectivity index (χ4n) is 1.31. The Kier molecular flexibility index (Phi) is 6.21. The van der Waals surface area contributed by atoms with Crippen LogP contribution in [0, 0.1) is 0 Å². The molecule has 0 unspecified atom stereocenters. The molecule has 9 heteroatoms. The van der Waals surface area contributed by atoms with Crippen LogP contribution in [0.1, 0.15) is 48.5 Å². The minimum atomic E-state index is -5.91. The number of esters is 2. The normalized spacial score (nSPS) is 13.3. The number of carbonyl (C=O) groups excluding carboxylic acids is 2. The second-order valence-electron chi connectivity index (χ2n) is 6.50. The zero-order valence-electron chi connectivity index (χ0n) is 14.5. The Morgan fingerprint density at radius 3 is 1.54 bits per heavy atom. The van der Waals surface area contributed by atoms with Crippen LogP contribution in [0.5, 0.6) is 0 Å². The van der Waals surface area contributed by atoms with Crippen molar-refractivity contribution in [3.05, 3.63) is 11.1 Å². The highest BCUT2D eigenvalue weighted by Crippen LogP contribution is 2.45. The fourth-order valence-corrected chi connectivity index (χ4v) is 1.31. The SMILES string of the molecule is CC(C)=C(C)C(=O)OC(C)(C)C(=O)OC(C)(C)C(F)(F)C(F)(F)F. The van der Waals surface area contributed by atoms with E-state index in [1.54, 1.807) is 13.8 Å². The van der Waals surface area contributed by atoms with Gasteiger partial charge in [-0.25, -0.2) is 9.59 Å². The van der Waals surface area contributed by atoms with E-state index in [-0.39, 0.29) is 5.57 Å². The summed E-state index contributed by atoms with van der Waals surface area (Å²) in [6, 6.07) is 0. The van der Waals surface area contributed by atoms with Crippen molar-refractivity contribution in [1.29, 1.82) is 0 Å². The maximum atomic E-state index is 13.4. The maximum Gasteiger partial charge on any atom is 0.457 e. The number of alkyl halides is 5. The average molecular weight is 360 g/mol. The van der Waals surface area contributed by atoms with Crippen LogP contribution in [0.15, 0.2) is 11.1 Å². The molecule has 140 valence electrons. The van der Waals surface area contributed by atoms with Crippen LogP contribution in [-0.2, 0) is 19.1 Å². The van der Waals surface area contributed by atoms with Gasteiger partial charge in [-0.1, -0.05) is 5.57 Å². The van der Waals surface area contributed by atoms with E-state index in [2.05, 4.69) is 4.74 Å². The highest BCUT2D eigenvalue weighted by molar-refractivity contribution is 5.91. The third-order valence-corrected chi connectivity index (χ3v) is 3.36. The van der Waals surface area contributed by atoms with Gasteiger partial charge >= 0.3 is 24.0 Å². The Hall–Kier alpha value is -1.67. The van der Waals surface area contributed by atoms with Gasteiger partial charge in [0.05, 0.1) is 0 Å². The molecule has 0 N–H and O–H groups in total. The highest BCUT2D eigenvalue weighted by atomic mass is 19.4. The molecule has 4 nitrogen and oxygen atoms in total. The summed E-state index contributed by atoms with van der Waals surface area (Å²) in [7, 11) is 0. The van der Waals surface area contributed by atoms with Crippen molar-refractivity contribution in [2.24, 2.45) is 0 Å². The molecule has 0 aliphatic rings. The molecule has 24 heavy (non-hydrogen) atoms. The molecule has 0 aromatic heterocycles. The van der Waals surface area contributed by atoms with E-state index in [1.807, 2.05) is 0 Å². The molecule has 0 spiro atoms. The van der Waals surface area contributed by atoms with Crippen molar-refractivity contribution in [3.8, 4) is 0 Å². The summed E-state index contributed by atoms with van der Waals surface area (Å²) in [5.41, 5.74) is -4.46. The van der Waals surface area contributed by atoms with Crippen LogP contribution in [0.4, 0.5) is 22.0 Å². The van der Waals surface area contributed by atoms with Crippen LogP contribution >= 0.6 is 0 Å². The number of hydrogen-bond donors (Lipinski definition) is 0. The summed E-state index contributed by atoms with van der Waals surface area (Å²) in [5.74, 6) is -7.71. The molecular weight excluding hydrogens is 339 g/mol. The molecule has 0 aromatic rings. The minimum Gasteiger partial charge on any atom is -0.450 e. The molecule has 0 amide bonds. The average Bonchev–Trinajstić information content (AvgIpc) is 2.34. The molecule has 0 heterocycles. The second kappa shape index (κ2) is 6.68. The van der Waals surface area contributed by atoms with Gasteiger partial charge in [-0.2, -0.15) is 22.0 Å². The number of ether oxygens (including phenoxy) is 2. The number of allylic oxidation sites excluding steroid dienone is 1. The first-order valence-corrected chi connectivity index (χ1v) is 6.92. The molecule has 0 radical (unpaired) electrons. The molecule has 0 rings (SSSR count). The Labute approximate surface area is 137 Å². The summed E-state index contributed by atoms with van der Waals surface area (Å²) in [4.78, 5) is 23.8. The lowest BCUT2D eigenvalue weighted by Gasteiger charge is -2.36. The Bertz CT molecular complexity index is 541. The van der Waals surface area contributed by atoms with Crippen LogP contribution in [0.3, 0.4) is 0 Å². The second-order valence-corrected chi connectivity index (χ2v) is 6.50. The van der Waals surface area contributed by atoms with Crippen molar-refractivity contribution >= 4 is 11.9 Å². The van der Waals surface area contributed by atoms with E-state index in [1.165, 1.54) is 6.92 Å². The van der Waals surface area contributed by atoms with Crippen LogP contribution < -0.4 is 0 Å². The zero-order valence-corrected chi connectivity index (χ0v) is 14.5.